The molecule has 116 valence electrons. The number of nitrogens with zero attached hydrogens (tertiary/aromatic N) is 2. The Kier molecular flexibility index (Phi) is 6.77. The van der Waals surface area contributed by atoms with Gasteiger partial charge in [-0.1, -0.05) is 0 Å². The molecule has 0 amide bonds. The van der Waals surface area contributed by atoms with Crippen molar-refractivity contribution in [3.8, 4) is 5.75 Å². The zero-order chi connectivity index (χ0) is 15.8. The maximum atomic E-state index is 11.5. The number of hydrogen-bond donors (Lipinski definition) is 0. The van der Waals surface area contributed by atoms with E-state index >= 15 is 0 Å². The molecule has 0 spiro atoms. The number of benzene rings is 1. The van der Waals surface area contributed by atoms with Crippen LogP contribution in [0, 0.1) is 0 Å². The maximum Gasteiger partial charge on any atom is 0.364 e. The molecule has 0 unspecified atom stereocenters. The number of anilines is 1. The molecule has 8 heteroatoms. The average Bonchev–Trinajstić information content (AvgIpc) is 2.50. The third-order valence-corrected chi connectivity index (χ3v) is 2.72. The second-order valence-corrected chi connectivity index (χ2v) is 4.19. The lowest BCUT2D eigenvalue weighted by Crippen LogP contribution is -2.39. The Balaban J connectivity index is 2.64. The van der Waals surface area contributed by atoms with Crippen molar-refractivity contribution in [3.63, 3.8) is 0 Å². The molecule has 0 radical (unpaired) electrons. The molecule has 0 N–H and O–H groups in total. The van der Waals surface area contributed by atoms with Gasteiger partial charge < -0.3 is 14.3 Å². The first-order valence-electron chi connectivity index (χ1n) is 6.19. The number of hydroxylamine groups is 1. The lowest BCUT2D eigenvalue weighted by Gasteiger charge is -2.27. The van der Waals surface area contributed by atoms with Gasteiger partial charge in [-0.15, -0.1) is 0 Å². The monoisotopic (exact) mass is 316 g/mol. The van der Waals surface area contributed by atoms with Crippen LogP contribution in [0.15, 0.2) is 24.3 Å². The molecule has 1 aromatic carbocycles. The number of carbonyl (C=O) groups is 2. The molecule has 21 heavy (non-hydrogen) atoms. The van der Waals surface area contributed by atoms with Crippen LogP contribution < -0.4 is 9.26 Å². The van der Waals surface area contributed by atoms with E-state index in [-0.39, 0.29) is 0 Å². The van der Waals surface area contributed by atoms with Gasteiger partial charge in [-0.2, -0.15) is 4.53 Å². The van der Waals surface area contributed by atoms with E-state index < -0.39 is 18.5 Å². The summed E-state index contributed by atoms with van der Waals surface area (Å²) in [5.74, 6) is -0.613. The minimum atomic E-state index is -0.730. The van der Waals surface area contributed by atoms with E-state index in [4.69, 9.17) is 21.4 Å². The third kappa shape index (κ3) is 5.49. The Bertz CT molecular complexity index is 480. The van der Waals surface area contributed by atoms with E-state index in [1.165, 1.54) is 6.92 Å². The first-order chi connectivity index (χ1) is 9.97. The first-order valence-corrected chi connectivity index (χ1v) is 6.53. The van der Waals surface area contributed by atoms with Crippen LogP contribution in [-0.2, 0) is 19.2 Å². The second kappa shape index (κ2) is 8.33. The molecule has 7 nitrogen and oxygen atoms in total. The zero-order valence-corrected chi connectivity index (χ0v) is 12.8. The maximum absolute atomic E-state index is 11.5. The Morgan fingerprint density at radius 1 is 1.24 bits per heavy atom. The fourth-order valence-electron chi connectivity index (χ4n) is 1.36. The van der Waals surface area contributed by atoms with Gasteiger partial charge in [-0.25, -0.2) is 4.79 Å². The lowest BCUT2D eigenvalue weighted by atomic mass is 10.3. The molecule has 0 aromatic heterocycles. The lowest BCUT2D eigenvalue weighted by molar-refractivity contribution is -0.194. The first kappa shape index (κ1) is 17.1. The molecule has 0 saturated heterocycles. The summed E-state index contributed by atoms with van der Waals surface area (Å²) in [5.41, 5.74) is 0.583. The molecule has 0 saturated carbocycles. The topological polar surface area (TPSA) is 68.3 Å². The van der Waals surface area contributed by atoms with Gasteiger partial charge >= 0.3 is 11.9 Å². The molecule has 0 aliphatic rings. The largest absolute Gasteiger partial charge is 0.497 e. The molecule has 0 aliphatic carbocycles. The van der Waals surface area contributed by atoms with Crippen molar-refractivity contribution in [2.75, 3.05) is 24.8 Å². The SMILES string of the molecule is CCN(OC(=O)COC(C)=O)N(Cl)c1ccc(OC)cc1. The predicted octanol–water partition coefficient (Wildman–Crippen LogP) is 1.91. The van der Waals surface area contributed by atoms with Crippen LogP contribution in [0.4, 0.5) is 5.69 Å². The number of hydrazine groups is 1. The number of halogens is 1. The van der Waals surface area contributed by atoms with Crippen molar-refractivity contribution < 1.29 is 23.9 Å². The number of rotatable bonds is 7. The number of esters is 1. The number of carbonyl (C=O) groups excluding carboxylic acids is 2. The molecule has 0 atom stereocenters. The molecular formula is C13H17ClN2O5. The normalized spacial score (nSPS) is 10.1. The van der Waals surface area contributed by atoms with E-state index in [2.05, 4.69) is 4.74 Å². The summed E-state index contributed by atoms with van der Waals surface area (Å²) < 4.78 is 10.7. The Morgan fingerprint density at radius 2 is 1.86 bits per heavy atom. The highest BCUT2D eigenvalue weighted by Crippen LogP contribution is 2.22. The number of hydrogen-bond acceptors (Lipinski definition) is 7. The molecule has 0 fully saturated rings. The van der Waals surface area contributed by atoms with Crippen LogP contribution in [0.2, 0.25) is 0 Å². The van der Waals surface area contributed by atoms with Crippen molar-refractivity contribution in [2.45, 2.75) is 13.8 Å². The highest BCUT2D eigenvalue weighted by Gasteiger charge is 2.18. The third-order valence-electron chi connectivity index (χ3n) is 2.35. The van der Waals surface area contributed by atoms with E-state index in [1.807, 2.05) is 0 Å². The Hall–Kier alpha value is -1.99. The molecular weight excluding hydrogens is 300 g/mol. The standard InChI is InChI=1S/C13H17ClN2O5/c1-4-15(21-13(18)9-20-10(2)17)16(14)11-5-7-12(19-3)8-6-11/h5-8H,4,9H2,1-3H3. The second-order valence-electron chi connectivity index (χ2n) is 3.87. The predicted molar refractivity (Wildman–Crippen MR) is 76.4 cm³/mol. The van der Waals surface area contributed by atoms with Gasteiger partial charge in [-0.05, 0) is 36.4 Å². The fraction of sp³-hybridized carbons (Fsp3) is 0.385. The molecule has 0 bridgehead atoms. The van der Waals surface area contributed by atoms with Crippen LogP contribution >= 0.6 is 11.8 Å². The summed E-state index contributed by atoms with van der Waals surface area (Å²) in [6.45, 7) is 2.79. The molecule has 1 aromatic rings. The summed E-state index contributed by atoms with van der Waals surface area (Å²) in [7, 11) is 1.56. The fourth-order valence-corrected chi connectivity index (χ4v) is 1.61. The van der Waals surface area contributed by atoms with E-state index in [0.717, 1.165) is 9.70 Å². The van der Waals surface area contributed by atoms with E-state index in [9.17, 15) is 9.59 Å². The number of methoxy groups -OCH3 is 1. The molecule has 1 rings (SSSR count). The summed E-state index contributed by atoms with van der Waals surface area (Å²) in [6, 6.07) is 6.85. The zero-order valence-electron chi connectivity index (χ0n) is 12.0. The van der Waals surface area contributed by atoms with Crippen molar-refractivity contribution in [2.24, 2.45) is 0 Å². The molecule has 0 aliphatic heterocycles. The van der Waals surface area contributed by atoms with Crippen molar-refractivity contribution in [3.05, 3.63) is 24.3 Å². The summed E-state index contributed by atoms with van der Waals surface area (Å²) in [5, 5.41) is 1.13. The summed E-state index contributed by atoms with van der Waals surface area (Å²) in [4.78, 5) is 27.1. The van der Waals surface area contributed by atoms with E-state index in [0.29, 0.717) is 18.0 Å². The van der Waals surface area contributed by atoms with Crippen molar-refractivity contribution in [1.29, 1.82) is 0 Å². The summed E-state index contributed by atoms with van der Waals surface area (Å²) in [6.07, 6.45) is 0. The Morgan fingerprint density at radius 3 is 2.33 bits per heavy atom. The van der Waals surface area contributed by atoms with Gasteiger partial charge in [0.25, 0.3) is 0 Å². The minimum absolute atomic E-state index is 0.307. The van der Waals surface area contributed by atoms with Gasteiger partial charge in [0, 0.05) is 18.7 Å². The number of ether oxygens (including phenoxy) is 2. The minimum Gasteiger partial charge on any atom is -0.497 e. The van der Waals surface area contributed by atoms with Crippen LogP contribution in [0.5, 0.6) is 5.75 Å². The van der Waals surface area contributed by atoms with Crippen LogP contribution in [0.3, 0.4) is 0 Å². The van der Waals surface area contributed by atoms with Gasteiger partial charge in [-0.3, -0.25) is 4.79 Å². The van der Waals surface area contributed by atoms with E-state index in [1.54, 1.807) is 38.3 Å². The Labute approximate surface area is 128 Å². The smallest absolute Gasteiger partial charge is 0.364 e. The van der Waals surface area contributed by atoms with Gasteiger partial charge in [0.05, 0.1) is 19.3 Å². The quantitative estimate of drug-likeness (QED) is 0.432. The summed E-state index contributed by atoms with van der Waals surface area (Å²) >= 11 is 6.11. The highest BCUT2D eigenvalue weighted by molar-refractivity contribution is 6.24. The van der Waals surface area contributed by atoms with Gasteiger partial charge in [0.15, 0.2) is 6.61 Å². The van der Waals surface area contributed by atoms with Gasteiger partial charge in [0.2, 0.25) is 0 Å². The highest BCUT2D eigenvalue weighted by atomic mass is 35.5. The van der Waals surface area contributed by atoms with Crippen LogP contribution in [-0.4, -0.2) is 37.4 Å². The van der Waals surface area contributed by atoms with Crippen LogP contribution in [0.1, 0.15) is 13.8 Å². The molecule has 0 heterocycles. The van der Waals surface area contributed by atoms with Gasteiger partial charge in [0.1, 0.15) is 5.75 Å². The van der Waals surface area contributed by atoms with Crippen molar-refractivity contribution in [1.82, 2.24) is 5.17 Å². The van der Waals surface area contributed by atoms with Crippen molar-refractivity contribution >= 4 is 29.4 Å². The van der Waals surface area contributed by atoms with Crippen LogP contribution in [0.25, 0.3) is 0 Å². The average molecular weight is 317 g/mol.